The Morgan fingerprint density at radius 3 is 2.18 bits per heavy atom. The monoisotopic (exact) mass is 301 g/mol. The third-order valence-corrected chi connectivity index (χ3v) is 3.91. The summed E-state index contributed by atoms with van der Waals surface area (Å²) in [5.41, 5.74) is 2.18. The molecule has 0 amide bonds. The van der Waals surface area contributed by atoms with Gasteiger partial charge in [-0.3, -0.25) is 0 Å². The predicted octanol–water partition coefficient (Wildman–Crippen LogP) is 3.91. The van der Waals surface area contributed by atoms with Gasteiger partial charge >= 0.3 is 0 Å². The van der Waals surface area contributed by atoms with E-state index in [1.54, 1.807) is 0 Å². The van der Waals surface area contributed by atoms with Crippen LogP contribution in [0.3, 0.4) is 0 Å². The second-order valence-electron chi connectivity index (χ2n) is 6.41. The number of aliphatic hydroxyl groups excluding tert-OH is 1. The first-order valence-corrected chi connectivity index (χ1v) is 7.66. The van der Waals surface area contributed by atoms with Gasteiger partial charge in [-0.05, 0) is 35.1 Å². The fourth-order valence-corrected chi connectivity index (χ4v) is 2.50. The normalized spacial score (nSPS) is 13.1. The molecule has 3 heteroatoms. The Balaban J connectivity index is 2.21. The van der Waals surface area contributed by atoms with Gasteiger partial charge < -0.3 is 10.4 Å². The fraction of sp³-hybridized carbons (Fsp3) is 0.368. The summed E-state index contributed by atoms with van der Waals surface area (Å²) in [6.07, 6.45) is 0.741. The molecule has 0 radical (unpaired) electrons. The lowest BCUT2D eigenvalue weighted by molar-refractivity contribution is 0.205. The summed E-state index contributed by atoms with van der Waals surface area (Å²) >= 11 is 0. The van der Waals surface area contributed by atoms with E-state index in [2.05, 4.69) is 31.3 Å². The zero-order valence-corrected chi connectivity index (χ0v) is 13.2. The summed E-state index contributed by atoms with van der Waals surface area (Å²) < 4.78 is 13.2. The van der Waals surface area contributed by atoms with Gasteiger partial charge in [0.15, 0.2) is 0 Å². The molecule has 0 spiro atoms. The van der Waals surface area contributed by atoms with E-state index in [0.29, 0.717) is 0 Å². The molecule has 2 N–H and O–H groups in total. The highest BCUT2D eigenvalue weighted by Gasteiger charge is 2.21. The van der Waals surface area contributed by atoms with Crippen LogP contribution >= 0.6 is 0 Å². The number of hydrogen-bond donors (Lipinski definition) is 2. The minimum Gasteiger partial charge on any atom is -0.396 e. The van der Waals surface area contributed by atoms with E-state index in [9.17, 15) is 4.39 Å². The molecule has 0 aliphatic carbocycles. The molecule has 0 bridgehead atoms. The van der Waals surface area contributed by atoms with Gasteiger partial charge in [0.2, 0.25) is 0 Å². The van der Waals surface area contributed by atoms with E-state index in [1.165, 1.54) is 12.1 Å². The van der Waals surface area contributed by atoms with Crippen LogP contribution in [0, 0.1) is 11.2 Å². The van der Waals surface area contributed by atoms with Crippen molar-refractivity contribution in [3.05, 3.63) is 71.5 Å². The SMILES string of the molecule is CC(C)(CCO)CNC(c1ccccc1)c1ccc(F)cc1. The highest BCUT2D eigenvalue weighted by atomic mass is 19.1. The lowest BCUT2D eigenvalue weighted by atomic mass is 9.88. The van der Waals surface area contributed by atoms with Gasteiger partial charge in [0.1, 0.15) is 5.82 Å². The maximum absolute atomic E-state index is 13.2. The first kappa shape index (κ1) is 16.7. The van der Waals surface area contributed by atoms with Crippen LogP contribution in [-0.4, -0.2) is 18.3 Å². The minimum atomic E-state index is -0.226. The van der Waals surface area contributed by atoms with Crippen LogP contribution in [0.25, 0.3) is 0 Å². The molecule has 2 nitrogen and oxygen atoms in total. The zero-order valence-electron chi connectivity index (χ0n) is 13.2. The Hall–Kier alpha value is -1.71. The average molecular weight is 301 g/mol. The topological polar surface area (TPSA) is 32.3 Å². The molecule has 0 saturated carbocycles. The molecule has 0 fully saturated rings. The standard InChI is InChI=1S/C19H24FNO/c1-19(2,12-13-22)14-21-18(15-6-4-3-5-7-15)16-8-10-17(20)11-9-16/h3-11,18,21-22H,12-14H2,1-2H3. The molecule has 0 heterocycles. The van der Waals surface area contributed by atoms with Crippen LogP contribution < -0.4 is 5.32 Å². The van der Waals surface area contributed by atoms with E-state index in [4.69, 9.17) is 5.11 Å². The molecule has 0 aliphatic heterocycles. The Morgan fingerprint density at radius 2 is 1.59 bits per heavy atom. The molecule has 2 aromatic rings. The molecule has 0 aliphatic rings. The summed E-state index contributed by atoms with van der Waals surface area (Å²) in [4.78, 5) is 0. The van der Waals surface area contributed by atoms with Crippen molar-refractivity contribution in [3.8, 4) is 0 Å². The van der Waals surface area contributed by atoms with Crippen LogP contribution in [0.15, 0.2) is 54.6 Å². The van der Waals surface area contributed by atoms with Gasteiger partial charge in [-0.25, -0.2) is 4.39 Å². The number of hydrogen-bond acceptors (Lipinski definition) is 2. The van der Waals surface area contributed by atoms with Crippen LogP contribution in [0.5, 0.6) is 0 Å². The second kappa shape index (κ2) is 7.52. The Kier molecular flexibility index (Phi) is 5.69. The summed E-state index contributed by atoms with van der Waals surface area (Å²) in [6.45, 7) is 5.21. The summed E-state index contributed by atoms with van der Waals surface area (Å²) in [5.74, 6) is -0.226. The lowest BCUT2D eigenvalue weighted by Gasteiger charge is -2.28. The number of nitrogens with one attached hydrogen (secondary N) is 1. The van der Waals surface area contributed by atoms with Crippen LogP contribution in [-0.2, 0) is 0 Å². The third kappa shape index (κ3) is 4.65. The van der Waals surface area contributed by atoms with Crippen molar-refractivity contribution in [2.75, 3.05) is 13.2 Å². The lowest BCUT2D eigenvalue weighted by Crippen LogP contribution is -2.33. The predicted molar refractivity (Wildman–Crippen MR) is 88.2 cm³/mol. The van der Waals surface area contributed by atoms with Gasteiger partial charge in [-0.1, -0.05) is 56.3 Å². The van der Waals surface area contributed by atoms with Crippen molar-refractivity contribution in [2.24, 2.45) is 5.41 Å². The largest absolute Gasteiger partial charge is 0.396 e. The number of benzene rings is 2. The molecule has 0 saturated heterocycles. The van der Waals surface area contributed by atoms with Gasteiger partial charge in [0.05, 0.1) is 6.04 Å². The van der Waals surface area contributed by atoms with E-state index in [-0.39, 0.29) is 23.9 Å². The van der Waals surface area contributed by atoms with E-state index in [1.807, 2.05) is 30.3 Å². The quantitative estimate of drug-likeness (QED) is 0.812. The molecular formula is C19H24FNO. The summed E-state index contributed by atoms with van der Waals surface area (Å²) in [7, 11) is 0. The van der Waals surface area contributed by atoms with Crippen molar-refractivity contribution in [1.82, 2.24) is 5.32 Å². The molecule has 22 heavy (non-hydrogen) atoms. The highest BCUT2D eigenvalue weighted by molar-refractivity contribution is 5.31. The number of halogens is 1. The molecular weight excluding hydrogens is 277 g/mol. The fourth-order valence-electron chi connectivity index (χ4n) is 2.50. The Morgan fingerprint density at radius 1 is 1.00 bits per heavy atom. The second-order valence-corrected chi connectivity index (χ2v) is 6.41. The molecule has 0 aromatic heterocycles. The van der Waals surface area contributed by atoms with Crippen LogP contribution in [0.4, 0.5) is 4.39 Å². The molecule has 2 aromatic carbocycles. The maximum atomic E-state index is 13.2. The van der Waals surface area contributed by atoms with Gasteiger partial charge in [0.25, 0.3) is 0 Å². The summed E-state index contributed by atoms with van der Waals surface area (Å²) in [5, 5.41) is 12.7. The third-order valence-electron chi connectivity index (χ3n) is 3.91. The Labute approximate surface area is 132 Å². The molecule has 2 rings (SSSR count). The zero-order chi connectivity index (χ0) is 16.0. The first-order valence-electron chi connectivity index (χ1n) is 7.66. The van der Waals surface area contributed by atoms with Crippen LogP contribution in [0.1, 0.15) is 37.4 Å². The molecule has 1 atom stereocenters. The summed E-state index contributed by atoms with van der Waals surface area (Å²) in [6, 6.07) is 16.8. The van der Waals surface area contributed by atoms with Gasteiger partial charge in [-0.15, -0.1) is 0 Å². The highest BCUT2D eigenvalue weighted by Crippen LogP contribution is 2.25. The van der Waals surface area contributed by atoms with E-state index < -0.39 is 0 Å². The van der Waals surface area contributed by atoms with E-state index >= 15 is 0 Å². The average Bonchev–Trinajstić information content (AvgIpc) is 2.50. The van der Waals surface area contributed by atoms with Crippen molar-refractivity contribution in [2.45, 2.75) is 26.3 Å². The van der Waals surface area contributed by atoms with Gasteiger partial charge in [-0.2, -0.15) is 0 Å². The Bertz CT molecular complexity index is 566. The minimum absolute atomic E-state index is 0.00180. The smallest absolute Gasteiger partial charge is 0.123 e. The van der Waals surface area contributed by atoms with Crippen molar-refractivity contribution in [3.63, 3.8) is 0 Å². The number of aliphatic hydroxyl groups is 1. The molecule has 1 unspecified atom stereocenters. The van der Waals surface area contributed by atoms with Crippen molar-refractivity contribution >= 4 is 0 Å². The molecule has 118 valence electrons. The van der Waals surface area contributed by atoms with Gasteiger partial charge in [0, 0.05) is 13.2 Å². The maximum Gasteiger partial charge on any atom is 0.123 e. The van der Waals surface area contributed by atoms with Crippen molar-refractivity contribution < 1.29 is 9.50 Å². The first-order chi connectivity index (χ1) is 10.5. The van der Waals surface area contributed by atoms with E-state index in [0.717, 1.165) is 24.1 Å². The van der Waals surface area contributed by atoms with Crippen molar-refractivity contribution in [1.29, 1.82) is 0 Å². The van der Waals surface area contributed by atoms with Crippen LogP contribution in [0.2, 0.25) is 0 Å². The number of rotatable bonds is 7.